The Labute approximate surface area is 185 Å². The van der Waals surface area contributed by atoms with E-state index >= 15 is 0 Å². The summed E-state index contributed by atoms with van der Waals surface area (Å²) in [4.78, 5) is 0. The van der Waals surface area contributed by atoms with Crippen molar-refractivity contribution in [1.29, 1.82) is 5.26 Å². The Morgan fingerprint density at radius 2 is 1.73 bits per heavy atom. The molecule has 4 aromatic carbocycles. The SMILES string of the molecule is Cc1ccc(/C(C#N)=C/c2ccc(OCc3cccc4ccccc34)c(Br)c2)cc1. The number of aryl methyl sites for hydroxylation is 1. The molecule has 0 saturated heterocycles. The van der Waals surface area contributed by atoms with Gasteiger partial charge in [0.15, 0.2) is 0 Å². The van der Waals surface area contributed by atoms with E-state index in [2.05, 4.69) is 52.3 Å². The highest BCUT2D eigenvalue weighted by Crippen LogP contribution is 2.29. The second kappa shape index (κ2) is 8.98. The summed E-state index contributed by atoms with van der Waals surface area (Å²) in [6.07, 6.45) is 1.89. The molecule has 30 heavy (non-hydrogen) atoms. The van der Waals surface area contributed by atoms with Gasteiger partial charge in [0.2, 0.25) is 0 Å². The predicted octanol–water partition coefficient (Wildman–Crippen LogP) is 7.55. The van der Waals surface area contributed by atoms with E-state index < -0.39 is 0 Å². The zero-order chi connectivity index (χ0) is 20.9. The van der Waals surface area contributed by atoms with Gasteiger partial charge in [0.05, 0.1) is 16.1 Å². The van der Waals surface area contributed by atoms with Crippen LogP contribution in [0.5, 0.6) is 5.75 Å². The summed E-state index contributed by atoms with van der Waals surface area (Å²) in [5.41, 5.74) is 4.81. The van der Waals surface area contributed by atoms with E-state index in [4.69, 9.17) is 4.74 Å². The summed E-state index contributed by atoms with van der Waals surface area (Å²) in [5.74, 6) is 0.772. The predicted molar refractivity (Wildman–Crippen MR) is 127 cm³/mol. The zero-order valence-electron chi connectivity index (χ0n) is 16.6. The first-order chi connectivity index (χ1) is 14.6. The Balaban J connectivity index is 1.54. The Kier molecular flexibility index (Phi) is 5.97. The molecule has 4 aromatic rings. The Morgan fingerprint density at radius 3 is 2.50 bits per heavy atom. The third-order valence-electron chi connectivity index (χ3n) is 5.01. The summed E-state index contributed by atoms with van der Waals surface area (Å²) in [5, 5.41) is 12.0. The molecule has 0 heterocycles. The van der Waals surface area contributed by atoms with Crippen LogP contribution >= 0.6 is 15.9 Å². The Morgan fingerprint density at radius 1 is 0.967 bits per heavy atom. The second-order valence-electron chi connectivity index (χ2n) is 7.15. The summed E-state index contributed by atoms with van der Waals surface area (Å²) >= 11 is 3.61. The van der Waals surface area contributed by atoms with Crippen molar-refractivity contribution in [2.45, 2.75) is 13.5 Å². The van der Waals surface area contributed by atoms with Crippen molar-refractivity contribution in [3.8, 4) is 11.8 Å². The van der Waals surface area contributed by atoms with Gasteiger partial charge >= 0.3 is 0 Å². The largest absolute Gasteiger partial charge is 0.488 e. The van der Waals surface area contributed by atoms with Gasteiger partial charge in [-0.2, -0.15) is 5.26 Å². The number of fused-ring (bicyclic) bond motifs is 1. The number of halogens is 1. The minimum absolute atomic E-state index is 0.488. The van der Waals surface area contributed by atoms with Crippen LogP contribution in [0.3, 0.4) is 0 Å². The van der Waals surface area contributed by atoms with E-state index in [1.54, 1.807) is 0 Å². The maximum atomic E-state index is 9.58. The first-order valence-corrected chi connectivity index (χ1v) is 10.5. The van der Waals surface area contributed by atoms with E-state index in [0.717, 1.165) is 26.9 Å². The van der Waals surface area contributed by atoms with Gasteiger partial charge < -0.3 is 4.74 Å². The highest BCUT2D eigenvalue weighted by Gasteiger charge is 2.07. The molecule has 0 amide bonds. The molecule has 0 aliphatic carbocycles. The van der Waals surface area contributed by atoms with Crippen molar-refractivity contribution in [2.75, 3.05) is 0 Å². The minimum Gasteiger partial charge on any atom is -0.488 e. The van der Waals surface area contributed by atoms with Crippen molar-refractivity contribution in [2.24, 2.45) is 0 Å². The van der Waals surface area contributed by atoms with Crippen LogP contribution in [0.2, 0.25) is 0 Å². The highest BCUT2D eigenvalue weighted by atomic mass is 79.9. The first-order valence-electron chi connectivity index (χ1n) is 9.72. The summed E-state index contributed by atoms with van der Waals surface area (Å²) in [6, 6.07) is 30.7. The quantitative estimate of drug-likeness (QED) is 0.230. The number of hydrogen-bond donors (Lipinski definition) is 0. The maximum absolute atomic E-state index is 9.58. The topological polar surface area (TPSA) is 33.0 Å². The lowest BCUT2D eigenvalue weighted by atomic mass is 10.0. The fraction of sp³-hybridized carbons (Fsp3) is 0.0741. The molecule has 0 saturated carbocycles. The van der Waals surface area contributed by atoms with Crippen LogP contribution < -0.4 is 4.74 Å². The zero-order valence-corrected chi connectivity index (χ0v) is 18.2. The van der Waals surface area contributed by atoms with E-state index in [1.807, 2.05) is 67.6 Å². The molecular weight excluding hydrogens is 434 g/mol. The van der Waals surface area contributed by atoms with Crippen molar-refractivity contribution in [1.82, 2.24) is 0 Å². The van der Waals surface area contributed by atoms with Crippen LogP contribution in [-0.2, 0) is 6.61 Å². The average molecular weight is 454 g/mol. The standard InChI is InChI=1S/C27H20BrNO/c1-19-9-12-21(13-10-19)24(17-29)15-20-11-14-27(26(28)16-20)30-18-23-7-4-6-22-5-2-3-8-25(22)23/h2-16H,18H2,1H3/b24-15+. The molecule has 3 heteroatoms. The molecule has 0 aromatic heterocycles. The van der Waals surface area contributed by atoms with Gasteiger partial charge in [-0.3, -0.25) is 0 Å². The molecule has 0 bridgehead atoms. The van der Waals surface area contributed by atoms with Crippen LogP contribution in [0.1, 0.15) is 22.3 Å². The second-order valence-corrected chi connectivity index (χ2v) is 8.01. The Bertz CT molecular complexity index is 1260. The van der Waals surface area contributed by atoms with Gasteiger partial charge in [-0.25, -0.2) is 0 Å². The van der Waals surface area contributed by atoms with E-state index in [1.165, 1.54) is 16.3 Å². The average Bonchev–Trinajstić information content (AvgIpc) is 2.77. The lowest BCUT2D eigenvalue weighted by Crippen LogP contribution is -1.97. The molecule has 0 radical (unpaired) electrons. The fourth-order valence-corrected chi connectivity index (χ4v) is 3.89. The van der Waals surface area contributed by atoms with Gasteiger partial charge in [-0.15, -0.1) is 0 Å². The summed E-state index contributed by atoms with van der Waals surface area (Å²) < 4.78 is 6.94. The number of benzene rings is 4. The van der Waals surface area contributed by atoms with Crippen LogP contribution in [0.25, 0.3) is 22.4 Å². The van der Waals surface area contributed by atoms with Gasteiger partial charge in [-0.1, -0.05) is 78.4 Å². The molecular formula is C27H20BrNO. The third-order valence-corrected chi connectivity index (χ3v) is 5.63. The fourth-order valence-electron chi connectivity index (χ4n) is 3.38. The van der Waals surface area contributed by atoms with E-state index in [0.29, 0.717) is 12.2 Å². The third kappa shape index (κ3) is 4.45. The van der Waals surface area contributed by atoms with Gasteiger partial charge in [0.25, 0.3) is 0 Å². The normalized spacial score (nSPS) is 11.3. The molecule has 0 atom stereocenters. The molecule has 0 N–H and O–H groups in total. The smallest absolute Gasteiger partial charge is 0.134 e. The molecule has 0 aliphatic rings. The van der Waals surface area contributed by atoms with Crippen LogP contribution in [-0.4, -0.2) is 0 Å². The number of allylic oxidation sites excluding steroid dienone is 1. The maximum Gasteiger partial charge on any atom is 0.134 e. The number of hydrogen-bond acceptors (Lipinski definition) is 2. The number of nitrogens with zero attached hydrogens (tertiary/aromatic N) is 1. The van der Waals surface area contributed by atoms with E-state index in [9.17, 15) is 5.26 Å². The molecule has 0 spiro atoms. The number of rotatable bonds is 5. The van der Waals surface area contributed by atoms with Crippen LogP contribution in [0.15, 0.2) is 89.4 Å². The molecule has 2 nitrogen and oxygen atoms in total. The molecule has 0 aliphatic heterocycles. The van der Waals surface area contributed by atoms with E-state index in [-0.39, 0.29) is 0 Å². The minimum atomic E-state index is 0.488. The molecule has 4 rings (SSSR count). The van der Waals surface area contributed by atoms with Crippen molar-refractivity contribution >= 4 is 38.4 Å². The Hall–Kier alpha value is -3.35. The lowest BCUT2D eigenvalue weighted by Gasteiger charge is -2.11. The monoisotopic (exact) mass is 453 g/mol. The highest BCUT2D eigenvalue weighted by molar-refractivity contribution is 9.10. The molecule has 0 unspecified atom stereocenters. The van der Waals surface area contributed by atoms with Gasteiger partial charge in [0.1, 0.15) is 12.4 Å². The number of nitriles is 1. The summed E-state index contributed by atoms with van der Waals surface area (Å²) in [6.45, 7) is 2.52. The van der Waals surface area contributed by atoms with Crippen molar-refractivity contribution in [3.63, 3.8) is 0 Å². The molecule has 0 fully saturated rings. The van der Waals surface area contributed by atoms with Crippen LogP contribution in [0, 0.1) is 18.3 Å². The first kappa shape index (κ1) is 19.9. The van der Waals surface area contributed by atoms with Gasteiger partial charge in [-0.05, 0) is 68.5 Å². The van der Waals surface area contributed by atoms with Crippen molar-refractivity contribution in [3.05, 3.63) is 112 Å². The lowest BCUT2D eigenvalue weighted by molar-refractivity contribution is 0.305. The van der Waals surface area contributed by atoms with Crippen molar-refractivity contribution < 1.29 is 4.74 Å². The number of ether oxygens (including phenoxy) is 1. The van der Waals surface area contributed by atoms with Crippen LogP contribution in [0.4, 0.5) is 0 Å². The molecule has 146 valence electrons. The summed E-state index contributed by atoms with van der Waals surface area (Å²) in [7, 11) is 0. The van der Waals surface area contributed by atoms with Gasteiger partial charge in [0, 0.05) is 0 Å².